The van der Waals surface area contributed by atoms with Crippen LogP contribution in [0.25, 0.3) is 0 Å². The van der Waals surface area contributed by atoms with Crippen LogP contribution in [0.15, 0.2) is 18.2 Å². The molecule has 0 N–H and O–H groups in total. The third-order valence-corrected chi connectivity index (χ3v) is 3.12. The highest BCUT2D eigenvalue weighted by Gasteiger charge is 2.01. The van der Waals surface area contributed by atoms with E-state index in [2.05, 4.69) is 18.7 Å². The van der Waals surface area contributed by atoms with E-state index in [1.807, 2.05) is 25.1 Å². The number of halogens is 1. The highest BCUT2D eigenvalue weighted by molar-refractivity contribution is 6.31. The fraction of sp³-hybridized carbons (Fsp3) is 0.538. The van der Waals surface area contributed by atoms with Crippen LogP contribution in [0.2, 0.25) is 5.02 Å². The summed E-state index contributed by atoms with van der Waals surface area (Å²) in [4.78, 5) is 2.33. The first-order chi connectivity index (χ1) is 7.67. The second-order valence-electron chi connectivity index (χ2n) is 3.79. The van der Waals surface area contributed by atoms with Crippen LogP contribution in [0.4, 0.5) is 0 Å². The molecule has 2 nitrogen and oxygen atoms in total. The molecule has 0 fully saturated rings. The Labute approximate surface area is 103 Å². The zero-order valence-corrected chi connectivity index (χ0v) is 11.0. The summed E-state index contributed by atoms with van der Waals surface area (Å²) in [6, 6.07) is 5.82. The highest BCUT2D eigenvalue weighted by atomic mass is 35.5. The van der Waals surface area contributed by atoms with E-state index < -0.39 is 0 Å². The van der Waals surface area contributed by atoms with Crippen molar-refractivity contribution < 1.29 is 4.74 Å². The van der Waals surface area contributed by atoms with E-state index in [0.29, 0.717) is 6.61 Å². The number of hydrogen-bond acceptors (Lipinski definition) is 2. The van der Waals surface area contributed by atoms with Crippen molar-refractivity contribution in [1.29, 1.82) is 0 Å². The third-order valence-electron chi connectivity index (χ3n) is 2.71. The first kappa shape index (κ1) is 13.3. The van der Waals surface area contributed by atoms with Crippen molar-refractivity contribution in [1.82, 2.24) is 4.90 Å². The number of ether oxygens (including phenoxy) is 1. The largest absolute Gasteiger partial charge is 0.492 e. The lowest BCUT2D eigenvalue weighted by Gasteiger charge is -2.18. The first-order valence-electron chi connectivity index (χ1n) is 5.78. The van der Waals surface area contributed by atoms with Crippen LogP contribution in [-0.2, 0) is 0 Å². The Morgan fingerprint density at radius 2 is 1.94 bits per heavy atom. The quantitative estimate of drug-likeness (QED) is 0.757. The summed E-state index contributed by atoms with van der Waals surface area (Å²) in [5.74, 6) is 0.850. The zero-order chi connectivity index (χ0) is 12.0. The molecule has 0 atom stereocenters. The molecule has 0 amide bonds. The van der Waals surface area contributed by atoms with Crippen molar-refractivity contribution in [3.63, 3.8) is 0 Å². The molecule has 0 aliphatic rings. The minimum absolute atomic E-state index is 0.709. The van der Waals surface area contributed by atoms with Gasteiger partial charge in [0.25, 0.3) is 0 Å². The summed E-state index contributed by atoms with van der Waals surface area (Å²) in [5, 5.41) is 0.764. The van der Waals surface area contributed by atoms with Crippen LogP contribution in [0, 0.1) is 6.92 Å². The Kier molecular flexibility index (Phi) is 5.64. The Morgan fingerprint density at radius 1 is 1.25 bits per heavy atom. The van der Waals surface area contributed by atoms with Gasteiger partial charge >= 0.3 is 0 Å². The lowest BCUT2D eigenvalue weighted by Crippen LogP contribution is -2.27. The molecule has 0 saturated carbocycles. The van der Waals surface area contributed by atoms with Crippen LogP contribution < -0.4 is 4.74 Å². The van der Waals surface area contributed by atoms with Gasteiger partial charge in [0.1, 0.15) is 12.4 Å². The number of nitrogens with zero attached hydrogens (tertiary/aromatic N) is 1. The van der Waals surface area contributed by atoms with Gasteiger partial charge in [0.15, 0.2) is 0 Å². The second-order valence-corrected chi connectivity index (χ2v) is 4.19. The van der Waals surface area contributed by atoms with E-state index in [1.54, 1.807) is 0 Å². The van der Waals surface area contributed by atoms with E-state index in [-0.39, 0.29) is 0 Å². The maximum Gasteiger partial charge on any atom is 0.120 e. The fourth-order valence-corrected chi connectivity index (χ4v) is 1.67. The van der Waals surface area contributed by atoms with Gasteiger partial charge in [0.2, 0.25) is 0 Å². The Hall–Kier alpha value is -0.730. The van der Waals surface area contributed by atoms with Gasteiger partial charge in [-0.05, 0) is 37.7 Å². The van der Waals surface area contributed by atoms with Gasteiger partial charge in [-0.2, -0.15) is 0 Å². The first-order valence-corrected chi connectivity index (χ1v) is 6.16. The molecule has 0 radical (unpaired) electrons. The van der Waals surface area contributed by atoms with Gasteiger partial charge in [-0.1, -0.05) is 31.5 Å². The predicted molar refractivity (Wildman–Crippen MR) is 69.5 cm³/mol. The smallest absolute Gasteiger partial charge is 0.120 e. The summed E-state index contributed by atoms with van der Waals surface area (Å²) in [7, 11) is 0. The number of aryl methyl sites for hydroxylation is 1. The standard InChI is InChI=1S/C13H20ClNO/c1-4-15(5-2)8-9-16-12-7-6-11(3)13(14)10-12/h6-7,10H,4-5,8-9H2,1-3H3. The summed E-state index contributed by atoms with van der Waals surface area (Å²) in [5.41, 5.74) is 1.08. The van der Waals surface area contributed by atoms with Gasteiger partial charge in [-0.3, -0.25) is 0 Å². The molecular weight excluding hydrogens is 222 g/mol. The molecule has 0 aliphatic heterocycles. The Bertz CT molecular complexity index is 324. The fourth-order valence-electron chi connectivity index (χ4n) is 1.50. The molecular formula is C13H20ClNO. The van der Waals surface area contributed by atoms with Gasteiger partial charge in [0, 0.05) is 11.6 Å². The van der Waals surface area contributed by atoms with Crippen molar-refractivity contribution in [3.05, 3.63) is 28.8 Å². The van der Waals surface area contributed by atoms with Crippen LogP contribution in [0.1, 0.15) is 19.4 Å². The van der Waals surface area contributed by atoms with Crippen LogP contribution in [-0.4, -0.2) is 31.1 Å². The number of rotatable bonds is 6. The molecule has 1 aromatic carbocycles. The maximum atomic E-state index is 6.02. The summed E-state index contributed by atoms with van der Waals surface area (Å²) < 4.78 is 5.65. The van der Waals surface area contributed by atoms with Crippen molar-refractivity contribution in [3.8, 4) is 5.75 Å². The molecule has 0 saturated heterocycles. The molecule has 0 heterocycles. The summed E-state index contributed by atoms with van der Waals surface area (Å²) >= 11 is 6.02. The van der Waals surface area contributed by atoms with E-state index in [9.17, 15) is 0 Å². The van der Waals surface area contributed by atoms with Crippen LogP contribution >= 0.6 is 11.6 Å². The normalized spacial score (nSPS) is 10.8. The molecule has 0 bridgehead atoms. The molecule has 16 heavy (non-hydrogen) atoms. The van der Waals surface area contributed by atoms with Crippen molar-refractivity contribution >= 4 is 11.6 Å². The lowest BCUT2D eigenvalue weighted by molar-refractivity contribution is 0.223. The second kappa shape index (κ2) is 6.77. The van der Waals surface area contributed by atoms with E-state index >= 15 is 0 Å². The van der Waals surface area contributed by atoms with Crippen LogP contribution in [0.5, 0.6) is 5.75 Å². The molecule has 1 aromatic rings. The van der Waals surface area contributed by atoms with Crippen molar-refractivity contribution in [2.24, 2.45) is 0 Å². The molecule has 1 rings (SSSR count). The van der Waals surface area contributed by atoms with E-state index in [0.717, 1.165) is 36.0 Å². The third kappa shape index (κ3) is 4.03. The van der Waals surface area contributed by atoms with Crippen LogP contribution in [0.3, 0.4) is 0 Å². The highest BCUT2D eigenvalue weighted by Crippen LogP contribution is 2.21. The Morgan fingerprint density at radius 3 is 2.50 bits per heavy atom. The average Bonchev–Trinajstić information content (AvgIpc) is 2.29. The zero-order valence-electron chi connectivity index (χ0n) is 10.3. The molecule has 0 aromatic heterocycles. The Balaban J connectivity index is 2.40. The van der Waals surface area contributed by atoms with Gasteiger partial charge in [0.05, 0.1) is 0 Å². The number of likely N-dealkylation sites (N-methyl/N-ethyl adjacent to an activating group) is 1. The minimum atomic E-state index is 0.709. The van der Waals surface area contributed by atoms with Crippen molar-refractivity contribution in [2.45, 2.75) is 20.8 Å². The van der Waals surface area contributed by atoms with E-state index in [4.69, 9.17) is 16.3 Å². The molecule has 0 spiro atoms. The topological polar surface area (TPSA) is 12.5 Å². The van der Waals surface area contributed by atoms with Gasteiger partial charge in [-0.15, -0.1) is 0 Å². The van der Waals surface area contributed by atoms with Gasteiger partial charge < -0.3 is 9.64 Å². The number of hydrogen-bond donors (Lipinski definition) is 0. The molecule has 3 heteroatoms. The average molecular weight is 242 g/mol. The number of benzene rings is 1. The van der Waals surface area contributed by atoms with Crippen molar-refractivity contribution in [2.75, 3.05) is 26.2 Å². The molecule has 0 aliphatic carbocycles. The van der Waals surface area contributed by atoms with E-state index in [1.165, 1.54) is 0 Å². The maximum absolute atomic E-state index is 6.02. The monoisotopic (exact) mass is 241 g/mol. The lowest BCUT2D eigenvalue weighted by atomic mass is 10.2. The minimum Gasteiger partial charge on any atom is -0.492 e. The SMILES string of the molecule is CCN(CC)CCOc1ccc(C)c(Cl)c1. The molecule has 90 valence electrons. The summed E-state index contributed by atoms with van der Waals surface area (Å²) in [6.07, 6.45) is 0. The molecule has 0 unspecified atom stereocenters. The summed E-state index contributed by atoms with van der Waals surface area (Å²) in [6.45, 7) is 10.1. The van der Waals surface area contributed by atoms with Gasteiger partial charge in [-0.25, -0.2) is 0 Å². The predicted octanol–water partition coefficient (Wildman–Crippen LogP) is 3.37.